The molecule has 0 saturated heterocycles. The molecule has 0 aliphatic carbocycles. The fourth-order valence-electron chi connectivity index (χ4n) is 2.25. The normalized spacial score (nSPS) is 12.2. The zero-order chi connectivity index (χ0) is 14.5. The van der Waals surface area contributed by atoms with Crippen LogP contribution in [0.25, 0.3) is 0 Å². The summed E-state index contributed by atoms with van der Waals surface area (Å²) in [5.41, 5.74) is 9.88. The predicted molar refractivity (Wildman–Crippen MR) is 87.2 cm³/mol. The lowest BCUT2D eigenvalue weighted by Crippen LogP contribution is -2.12. The highest BCUT2D eigenvalue weighted by Gasteiger charge is 2.13. The third-order valence-corrected chi connectivity index (χ3v) is 4.14. The first-order valence-electron chi connectivity index (χ1n) is 6.83. The van der Waals surface area contributed by atoms with Crippen molar-refractivity contribution in [2.75, 3.05) is 7.11 Å². The number of aryl methyl sites for hydroxylation is 1. The van der Waals surface area contributed by atoms with E-state index in [-0.39, 0.29) is 6.04 Å². The van der Waals surface area contributed by atoms with Gasteiger partial charge < -0.3 is 10.5 Å². The maximum atomic E-state index is 6.38. The maximum Gasteiger partial charge on any atom is 0.119 e. The first-order chi connectivity index (χ1) is 9.65. The zero-order valence-electron chi connectivity index (χ0n) is 11.9. The van der Waals surface area contributed by atoms with Crippen LogP contribution < -0.4 is 10.5 Å². The van der Waals surface area contributed by atoms with Crippen LogP contribution in [0.2, 0.25) is 0 Å². The minimum atomic E-state index is -0.157. The molecule has 2 aromatic rings. The molecule has 0 radical (unpaired) electrons. The molecule has 106 valence electrons. The molecule has 1 atom stereocenters. The fourth-order valence-corrected chi connectivity index (χ4v) is 2.74. The number of rotatable bonds is 5. The van der Waals surface area contributed by atoms with Gasteiger partial charge in [-0.3, -0.25) is 0 Å². The SMILES string of the molecule is CCCc1ccc(C(N)c2cc(OC)ccc2Br)cc1. The van der Waals surface area contributed by atoms with E-state index in [2.05, 4.69) is 47.1 Å². The molecule has 2 N–H and O–H groups in total. The zero-order valence-corrected chi connectivity index (χ0v) is 13.5. The Labute approximate surface area is 129 Å². The van der Waals surface area contributed by atoms with Crippen molar-refractivity contribution in [3.8, 4) is 5.75 Å². The van der Waals surface area contributed by atoms with Crippen LogP contribution in [0, 0.1) is 0 Å². The van der Waals surface area contributed by atoms with E-state index in [4.69, 9.17) is 10.5 Å². The van der Waals surface area contributed by atoms with Gasteiger partial charge in [-0.2, -0.15) is 0 Å². The average Bonchev–Trinajstić information content (AvgIpc) is 2.48. The Kier molecular flexibility index (Phi) is 5.21. The van der Waals surface area contributed by atoms with Crippen molar-refractivity contribution in [3.63, 3.8) is 0 Å². The highest BCUT2D eigenvalue weighted by Crippen LogP contribution is 2.30. The van der Waals surface area contributed by atoms with Crippen molar-refractivity contribution in [2.45, 2.75) is 25.8 Å². The summed E-state index contributed by atoms with van der Waals surface area (Å²) in [5.74, 6) is 0.821. The van der Waals surface area contributed by atoms with Gasteiger partial charge in [0.1, 0.15) is 5.75 Å². The molecule has 0 bridgehead atoms. The molecule has 2 nitrogen and oxygen atoms in total. The quantitative estimate of drug-likeness (QED) is 0.876. The van der Waals surface area contributed by atoms with Crippen LogP contribution in [-0.4, -0.2) is 7.11 Å². The monoisotopic (exact) mass is 333 g/mol. The van der Waals surface area contributed by atoms with E-state index in [1.165, 1.54) is 5.56 Å². The van der Waals surface area contributed by atoms with Crippen LogP contribution in [0.4, 0.5) is 0 Å². The molecule has 0 aliphatic heterocycles. The highest BCUT2D eigenvalue weighted by molar-refractivity contribution is 9.10. The molecule has 0 aliphatic rings. The molecule has 3 heteroatoms. The Hall–Kier alpha value is -1.32. The molecule has 0 fully saturated rings. The van der Waals surface area contributed by atoms with Gasteiger partial charge in [0.15, 0.2) is 0 Å². The Morgan fingerprint density at radius 1 is 1.15 bits per heavy atom. The van der Waals surface area contributed by atoms with Gasteiger partial charge in [-0.15, -0.1) is 0 Å². The van der Waals surface area contributed by atoms with Crippen molar-refractivity contribution < 1.29 is 4.74 Å². The number of hydrogen-bond acceptors (Lipinski definition) is 2. The number of hydrogen-bond donors (Lipinski definition) is 1. The highest BCUT2D eigenvalue weighted by atomic mass is 79.9. The summed E-state index contributed by atoms with van der Waals surface area (Å²) in [6, 6.07) is 14.3. The fraction of sp³-hybridized carbons (Fsp3) is 0.294. The van der Waals surface area contributed by atoms with E-state index in [0.29, 0.717) is 0 Å². The van der Waals surface area contributed by atoms with Gasteiger partial charge >= 0.3 is 0 Å². The maximum absolute atomic E-state index is 6.38. The molecule has 0 saturated carbocycles. The van der Waals surface area contributed by atoms with Crippen LogP contribution in [0.1, 0.15) is 36.1 Å². The van der Waals surface area contributed by atoms with Crippen molar-refractivity contribution in [3.05, 3.63) is 63.6 Å². The van der Waals surface area contributed by atoms with Crippen LogP contribution in [0.3, 0.4) is 0 Å². The lowest BCUT2D eigenvalue weighted by molar-refractivity contribution is 0.414. The van der Waals surface area contributed by atoms with Gasteiger partial charge in [0.05, 0.1) is 13.2 Å². The van der Waals surface area contributed by atoms with Gasteiger partial charge in [0, 0.05) is 4.47 Å². The second-order valence-electron chi connectivity index (χ2n) is 4.86. The molecule has 0 heterocycles. The number of halogens is 1. The van der Waals surface area contributed by atoms with Crippen LogP contribution >= 0.6 is 15.9 Å². The first-order valence-corrected chi connectivity index (χ1v) is 7.63. The van der Waals surface area contributed by atoms with Gasteiger partial charge in [-0.1, -0.05) is 53.5 Å². The summed E-state index contributed by atoms with van der Waals surface area (Å²) < 4.78 is 6.27. The first kappa shape index (κ1) is 15.1. The summed E-state index contributed by atoms with van der Waals surface area (Å²) in [7, 11) is 1.66. The number of nitrogens with two attached hydrogens (primary N) is 1. The number of benzene rings is 2. The molecule has 0 aromatic heterocycles. The molecule has 0 amide bonds. The molecular formula is C17H20BrNO. The predicted octanol–water partition coefficient (Wildman–Crippen LogP) is 4.46. The van der Waals surface area contributed by atoms with Crippen molar-refractivity contribution in [2.24, 2.45) is 5.73 Å². The lowest BCUT2D eigenvalue weighted by Gasteiger charge is -2.16. The standard InChI is InChI=1S/C17H20BrNO/c1-3-4-12-5-7-13(8-6-12)17(19)15-11-14(20-2)9-10-16(15)18/h5-11,17H,3-4,19H2,1-2H3. The van der Waals surface area contributed by atoms with Crippen molar-refractivity contribution in [1.29, 1.82) is 0 Å². The number of ether oxygens (including phenoxy) is 1. The minimum Gasteiger partial charge on any atom is -0.497 e. The summed E-state index contributed by atoms with van der Waals surface area (Å²) in [6.45, 7) is 2.19. The Morgan fingerprint density at radius 3 is 2.45 bits per heavy atom. The number of methoxy groups -OCH3 is 1. The molecular weight excluding hydrogens is 314 g/mol. The molecule has 1 unspecified atom stereocenters. The average molecular weight is 334 g/mol. The van der Waals surface area contributed by atoms with Crippen molar-refractivity contribution in [1.82, 2.24) is 0 Å². The van der Waals surface area contributed by atoms with Gasteiger partial charge in [0.25, 0.3) is 0 Å². The largest absolute Gasteiger partial charge is 0.497 e. The lowest BCUT2D eigenvalue weighted by atomic mass is 9.97. The van der Waals surface area contributed by atoms with E-state index in [0.717, 1.165) is 34.2 Å². The molecule has 20 heavy (non-hydrogen) atoms. The van der Waals surface area contributed by atoms with Crippen LogP contribution in [-0.2, 0) is 6.42 Å². The smallest absolute Gasteiger partial charge is 0.119 e. The molecule has 2 aromatic carbocycles. The Balaban J connectivity index is 2.28. The minimum absolute atomic E-state index is 0.157. The van der Waals surface area contributed by atoms with E-state index >= 15 is 0 Å². The van der Waals surface area contributed by atoms with Gasteiger partial charge in [-0.05, 0) is 41.3 Å². The van der Waals surface area contributed by atoms with Crippen LogP contribution in [0.15, 0.2) is 46.9 Å². The molecule has 2 rings (SSSR count). The Morgan fingerprint density at radius 2 is 1.85 bits per heavy atom. The van der Waals surface area contributed by atoms with E-state index < -0.39 is 0 Å². The molecule has 0 spiro atoms. The third kappa shape index (κ3) is 3.41. The van der Waals surface area contributed by atoms with Gasteiger partial charge in [0.2, 0.25) is 0 Å². The second-order valence-corrected chi connectivity index (χ2v) is 5.71. The summed E-state index contributed by atoms with van der Waals surface area (Å²) >= 11 is 3.56. The van der Waals surface area contributed by atoms with Gasteiger partial charge in [-0.25, -0.2) is 0 Å². The Bertz CT molecular complexity index is 566. The van der Waals surface area contributed by atoms with Crippen LogP contribution in [0.5, 0.6) is 5.75 Å². The summed E-state index contributed by atoms with van der Waals surface area (Å²) in [5, 5.41) is 0. The van der Waals surface area contributed by atoms with Crippen molar-refractivity contribution >= 4 is 15.9 Å². The van der Waals surface area contributed by atoms with E-state index in [9.17, 15) is 0 Å². The third-order valence-electron chi connectivity index (χ3n) is 3.42. The second kappa shape index (κ2) is 6.91. The topological polar surface area (TPSA) is 35.2 Å². The summed E-state index contributed by atoms with van der Waals surface area (Å²) in [4.78, 5) is 0. The van der Waals surface area contributed by atoms with E-state index in [1.54, 1.807) is 7.11 Å². The van der Waals surface area contributed by atoms with E-state index in [1.807, 2.05) is 18.2 Å². The summed E-state index contributed by atoms with van der Waals surface area (Å²) in [6.07, 6.45) is 2.27.